The zero-order valence-electron chi connectivity index (χ0n) is 8.23. The van der Waals surface area contributed by atoms with Crippen LogP contribution in [0.25, 0.3) is 0 Å². The number of aromatic nitrogens is 1. The zero-order chi connectivity index (χ0) is 11.0. The van der Waals surface area contributed by atoms with Crippen LogP contribution in [0, 0.1) is 12.3 Å². The molecular formula is C11H10N2O2. The maximum absolute atomic E-state index is 11.5. The Hall–Kier alpha value is -2.02. The normalized spacial score (nSPS) is 23.9. The highest BCUT2D eigenvalue weighted by molar-refractivity contribution is 5.92. The molecule has 2 atom stereocenters. The van der Waals surface area contributed by atoms with Gasteiger partial charge in [0.05, 0.1) is 17.2 Å². The highest BCUT2D eigenvalue weighted by atomic mass is 16.5. The number of terminal acetylenes is 1. The van der Waals surface area contributed by atoms with E-state index in [9.17, 15) is 4.79 Å². The summed E-state index contributed by atoms with van der Waals surface area (Å²) < 4.78 is 5.09. The van der Waals surface area contributed by atoms with Gasteiger partial charge in [-0.1, -0.05) is 5.92 Å². The molecule has 0 spiro atoms. The van der Waals surface area contributed by atoms with Crippen molar-refractivity contribution in [2.75, 3.05) is 5.73 Å². The Bertz CT molecular complexity index is 462. The number of cyclic esters (lactones) is 1. The molecule has 0 saturated carbocycles. The van der Waals surface area contributed by atoms with Crippen molar-refractivity contribution in [1.82, 2.24) is 4.98 Å². The lowest BCUT2D eigenvalue weighted by atomic mass is 9.93. The van der Waals surface area contributed by atoms with E-state index in [2.05, 4.69) is 10.9 Å². The maximum Gasteiger partial charge on any atom is 0.340 e. The van der Waals surface area contributed by atoms with Crippen LogP contribution in [0.4, 0.5) is 5.82 Å². The number of hydrogen-bond donors (Lipinski definition) is 1. The number of carbonyl (C=O) groups excluding carboxylic acids is 1. The molecule has 0 saturated heterocycles. The Morgan fingerprint density at radius 2 is 2.33 bits per heavy atom. The van der Waals surface area contributed by atoms with E-state index in [-0.39, 0.29) is 12.0 Å². The average Bonchev–Trinajstić information content (AvgIpc) is 2.17. The van der Waals surface area contributed by atoms with Crippen LogP contribution in [0.1, 0.15) is 28.9 Å². The van der Waals surface area contributed by atoms with Crippen molar-refractivity contribution in [3.05, 3.63) is 23.4 Å². The van der Waals surface area contributed by atoms with Gasteiger partial charge in [0.1, 0.15) is 11.9 Å². The van der Waals surface area contributed by atoms with E-state index in [0.29, 0.717) is 17.1 Å². The highest BCUT2D eigenvalue weighted by Crippen LogP contribution is 2.29. The molecule has 1 aromatic rings. The van der Waals surface area contributed by atoms with Crippen LogP contribution in [-0.4, -0.2) is 17.1 Å². The Morgan fingerprint density at radius 3 is 3.00 bits per heavy atom. The van der Waals surface area contributed by atoms with Crippen molar-refractivity contribution in [3.8, 4) is 12.3 Å². The number of nitrogen functional groups attached to an aromatic ring is 1. The summed E-state index contributed by atoms with van der Waals surface area (Å²) >= 11 is 0. The number of anilines is 1. The Morgan fingerprint density at radius 1 is 1.60 bits per heavy atom. The van der Waals surface area contributed by atoms with E-state index >= 15 is 0 Å². The van der Waals surface area contributed by atoms with Crippen LogP contribution in [0.3, 0.4) is 0 Å². The fraction of sp³-hybridized carbons (Fsp3) is 0.273. The summed E-state index contributed by atoms with van der Waals surface area (Å²) in [6.45, 7) is 1.75. The second-order valence-electron chi connectivity index (χ2n) is 3.42. The van der Waals surface area contributed by atoms with Crippen molar-refractivity contribution in [2.24, 2.45) is 0 Å². The molecule has 2 N–H and O–H groups in total. The first-order valence-electron chi connectivity index (χ1n) is 4.57. The molecule has 0 fully saturated rings. The molecule has 4 nitrogen and oxygen atoms in total. The van der Waals surface area contributed by atoms with E-state index in [1.165, 1.54) is 0 Å². The lowest BCUT2D eigenvalue weighted by molar-refractivity contribution is 0.0266. The summed E-state index contributed by atoms with van der Waals surface area (Å²) in [5.74, 6) is 2.21. The Labute approximate surface area is 87.4 Å². The summed E-state index contributed by atoms with van der Waals surface area (Å²) in [5.41, 5.74) is 6.51. The van der Waals surface area contributed by atoms with Gasteiger partial charge in [-0.3, -0.25) is 0 Å². The van der Waals surface area contributed by atoms with Crippen LogP contribution >= 0.6 is 0 Å². The van der Waals surface area contributed by atoms with E-state index < -0.39 is 5.97 Å². The molecule has 15 heavy (non-hydrogen) atoms. The minimum atomic E-state index is -0.392. The first kappa shape index (κ1) is 9.53. The second kappa shape index (κ2) is 3.28. The molecule has 76 valence electrons. The molecule has 4 heteroatoms. The van der Waals surface area contributed by atoms with Crippen LogP contribution in [0.15, 0.2) is 12.1 Å². The average molecular weight is 202 g/mol. The molecule has 0 unspecified atom stereocenters. The van der Waals surface area contributed by atoms with E-state index in [1.807, 2.05) is 0 Å². The summed E-state index contributed by atoms with van der Waals surface area (Å²) in [7, 11) is 0. The monoisotopic (exact) mass is 202 g/mol. The van der Waals surface area contributed by atoms with Gasteiger partial charge in [-0.2, -0.15) is 0 Å². The van der Waals surface area contributed by atoms with Gasteiger partial charge in [0.2, 0.25) is 0 Å². The SMILES string of the molecule is C#C[C@@H]1c2nc(N)ccc2C(=O)O[C@H]1C. The Kier molecular flexibility index (Phi) is 2.09. The number of nitrogens with two attached hydrogens (primary N) is 1. The summed E-state index contributed by atoms with van der Waals surface area (Å²) in [4.78, 5) is 15.6. The molecule has 0 amide bonds. The van der Waals surface area contributed by atoms with Gasteiger partial charge in [0.25, 0.3) is 0 Å². The topological polar surface area (TPSA) is 65.2 Å². The van der Waals surface area contributed by atoms with E-state index in [1.54, 1.807) is 19.1 Å². The summed E-state index contributed by atoms with van der Waals surface area (Å²) in [6, 6.07) is 3.15. The van der Waals surface area contributed by atoms with Crippen LogP contribution < -0.4 is 5.73 Å². The third kappa shape index (κ3) is 1.42. The molecule has 1 aliphatic rings. The van der Waals surface area contributed by atoms with Crippen molar-refractivity contribution in [2.45, 2.75) is 18.9 Å². The van der Waals surface area contributed by atoms with Crippen molar-refractivity contribution in [1.29, 1.82) is 0 Å². The van der Waals surface area contributed by atoms with Gasteiger partial charge >= 0.3 is 5.97 Å². The minimum absolute atomic E-state index is 0.318. The number of fused-ring (bicyclic) bond motifs is 1. The van der Waals surface area contributed by atoms with Gasteiger partial charge in [-0.15, -0.1) is 6.42 Å². The summed E-state index contributed by atoms with van der Waals surface area (Å²) in [6.07, 6.45) is 5.02. The van der Waals surface area contributed by atoms with Crippen molar-refractivity contribution < 1.29 is 9.53 Å². The van der Waals surface area contributed by atoms with Crippen LogP contribution in [0.5, 0.6) is 0 Å². The fourth-order valence-corrected chi connectivity index (χ4v) is 1.64. The molecule has 0 aliphatic carbocycles. The number of carbonyl (C=O) groups is 1. The fourth-order valence-electron chi connectivity index (χ4n) is 1.64. The van der Waals surface area contributed by atoms with Gasteiger partial charge in [-0.05, 0) is 19.1 Å². The third-order valence-electron chi connectivity index (χ3n) is 2.40. The molecule has 1 aromatic heterocycles. The molecule has 0 bridgehead atoms. The number of esters is 1. The standard InChI is InChI=1S/C11H10N2O2/c1-3-7-6(2)15-11(14)8-4-5-9(12)13-10(7)8/h1,4-7H,2H3,(H2,12,13)/t6-,7-/m0/s1. The number of rotatable bonds is 0. The molecular weight excluding hydrogens is 192 g/mol. The first-order chi connectivity index (χ1) is 7.13. The maximum atomic E-state index is 11.5. The van der Waals surface area contributed by atoms with Crippen LogP contribution in [-0.2, 0) is 4.74 Å². The number of ether oxygens (including phenoxy) is 1. The largest absolute Gasteiger partial charge is 0.457 e. The lowest BCUT2D eigenvalue weighted by Crippen LogP contribution is -2.30. The highest BCUT2D eigenvalue weighted by Gasteiger charge is 2.33. The smallest absolute Gasteiger partial charge is 0.340 e. The zero-order valence-corrected chi connectivity index (χ0v) is 8.23. The number of pyridine rings is 1. The summed E-state index contributed by atoms with van der Waals surface area (Å²) in [5, 5.41) is 0. The molecule has 0 radical (unpaired) electrons. The minimum Gasteiger partial charge on any atom is -0.457 e. The van der Waals surface area contributed by atoms with Gasteiger partial charge in [0, 0.05) is 0 Å². The predicted molar refractivity (Wildman–Crippen MR) is 55.1 cm³/mol. The van der Waals surface area contributed by atoms with E-state index in [0.717, 1.165) is 0 Å². The van der Waals surface area contributed by atoms with Crippen LogP contribution in [0.2, 0.25) is 0 Å². The lowest BCUT2D eigenvalue weighted by Gasteiger charge is -2.26. The third-order valence-corrected chi connectivity index (χ3v) is 2.40. The second-order valence-corrected chi connectivity index (χ2v) is 3.42. The van der Waals surface area contributed by atoms with Crippen molar-refractivity contribution in [3.63, 3.8) is 0 Å². The predicted octanol–water partition coefficient (Wildman–Crippen LogP) is 0.940. The Balaban J connectivity index is 2.61. The quantitative estimate of drug-likeness (QED) is 0.502. The van der Waals surface area contributed by atoms with Gasteiger partial charge in [0.15, 0.2) is 0 Å². The number of hydrogen-bond acceptors (Lipinski definition) is 4. The molecule has 0 aromatic carbocycles. The number of nitrogens with zero attached hydrogens (tertiary/aromatic N) is 1. The molecule has 2 heterocycles. The molecule has 1 aliphatic heterocycles. The molecule has 2 rings (SSSR count). The first-order valence-corrected chi connectivity index (χ1v) is 4.57. The van der Waals surface area contributed by atoms with Crippen molar-refractivity contribution >= 4 is 11.8 Å². The van der Waals surface area contributed by atoms with E-state index in [4.69, 9.17) is 16.9 Å². The van der Waals surface area contributed by atoms with Gasteiger partial charge in [-0.25, -0.2) is 9.78 Å². The van der Waals surface area contributed by atoms with Gasteiger partial charge < -0.3 is 10.5 Å².